The van der Waals surface area contributed by atoms with Crippen molar-refractivity contribution >= 4 is 48.2 Å². The highest BCUT2D eigenvalue weighted by Gasteiger charge is 2.04. The number of hydrogen-bond donors (Lipinski definition) is 0. The minimum Gasteiger partial charge on any atom is -0.0616 e. The van der Waals surface area contributed by atoms with Crippen molar-refractivity contribution in [2.45, 2.75) is 0 Å². The van der Waals surface area contributed by atoms with Gasteiger partial charge >= 0.3 is 0 Å². The van der Waals surface area contributed by atoms with E-state index in [1.54, 1.807) is 0 Å². The molecule has 0 aromatic heterocycles. The highest BCUT2D eigenvalue weighted by Crippen LogP contribution is 2.30. The normalized spacial score (nSPS) is 11.4. The summed E-state index contributed by atoms with van der Waals surface area (Å²) in [6, 6.07) is 32.9. The van der Waals surface area contributed by atoms with E-state index in [9.17, 15) is 0 Å². The number of fused-ring (bicyclic) bond motifs is 3. The van der Waals surface area contributed by atoms with Crippen molar-refractivity contribution in [3.63, 3.8) is 0 Å². The molecule has 0 saturated carbocycles. The summed E-state index contributed by atoms with van der Waals surface area (Å²) in [5, 5.41) is 7.73. The maximum absolute atomic E-state index is 3.50. The smallest absolute Gasteiger partial charge is 0.0175 e. The Balaban J connectivity index is 1.73. The van der Waals surface area contributed by atoms with Gasteiger partial charge in [-0.3, -0.25) is 0 Å². The second kappa shape index (κ2) is 5.72. The molecule has 25 heavy (non-hydrogen) atoms. The van der Waals surface area contributed by atoms with E-state index in [4.69, 9.17) is 0 Å². The molecule has 0 spiro atoms. The third-order valence-corrected chi connectivity index (χ3v) is 5.37. The third-order valence-electron chi connectivity index (χ3n) is 4.84. The zero-order valence-corrected chi connectivity index (χ0v) is 15.1. The largest absolute Gasteiger partial charge is 0.0616 e. The van der Waals surface area contributed by atoms with E-state index in [1.165, 1.54) is 43.4 Å². The molecule has 0 aliphatic heterocycles. The van der Waals surface area contributed by atoms with Gasteiger partial charge in [0.1, 0.15) is 0 Å². The Morgan fingerprint density at radius 2 is 0.880 bits per heavy atom. The highest BCUT2D eigenvalue weighted by atomic mass is 79.9. The van der Waals surface area contributed by atoms with E-state index >= 15 is 0 Å². The fourth-order valence-corrected chi connectivity index (χ4v) is 3.78. The molecule has 0 nitrogen and oxygen atoms in total. The summed E-state index contributed by atoms with van der Waals surface area (Å²) >= 11 is 3.50. The van der Waals surface area contributed by atoms with Gasteiger partial charge in [-0.2, -0.15) is 0 Å². The van der Waals surface area contributed by atoms with Gasteiger partial charge in [0.15, 0.2) is 0 Å². The van der Waals surface area contributed by atoms with Gasteiger partial charge in [-0.25, -0.2) is 0 Å². The van der Waals surface area contributed by atoms with E-state index < -0.39 is 0 Å². The Morgan fingerprint density at radius 1 is 0.400 bits per heavy atom. The first-order valence-electron chi connectivity index (χ1n) is 8.39. The maximum Gasteiger partial charge on any atom is 0.0175 e. The van der Waals surface area contributed by atoms with Gasteiger partial charge in [0, 0.05) is 4.47 Å². The van der Waals surface area contributed by atoms with Gasteiger partial charge < -0.3 is 0 Å². The molecule has 0 bridgehead atoms. The topological polar surface area (TPSA) is 0 Å². The predicted molar refractivity (Wildman–Crippen MR) is 112 cm³/mol. The van der Waals surface area contributed by atoms with E-state index in [1.807, 2.05) is 0 Å². The van der Waals surface area contributed by atoms with Crippen molar-refractivity contribution in [1.29, 1.82) is 0 Å². The molecule has 5 rings (SSSR count). The van der Waals surface area contributed by atoms with Gasteiger partial charge in [-0.15, -0.1) is 0 Å². The molecule has 0 fully saturated rings. The maximum atomic E-state index is 3.50. The molecule has 1 heteroatoms. The molecule has 0 radical (unpaired) electrons. The Hall–Kier alpha value is -2.64. The summed E-state index contributed by atoms with van der Waals surface area (Å²) in [6.45, 7) is 0. The first-order valence-corrected chi connectivity index (χ1v) is 9.18. The van der Waals surface area contributed by atoms with Crippen LogP contribution in [0.15, 0.2) is 95.5 Å². The summed E-state index contributed by atoms with van der Waals surface area (Å²) < 4.78 is 1.11. The van der Waals surface area contributed by atoms with E-state index in [0.717, 1.165) is 4.47 Å². The van der Waals surface area contributed by atoms with Crippen LogP contribution in [0.5, 0.6) is 0 Å². The lowest BCUT2D eigenvalue weighted by Crippen LogP contribution is -1.81. The van der Waals surface area contributed by atoms with Crippen molar-refractivity contribution < 1.29 is 0 Å². The first-order chi connectivity index (χ1) is 12.3. The number of hydrogen-bond acceptors (Lipinski definition) is 0. The minimum atomic E-state index is 1.11. The molecular weight excluding hydrogens is 368 g/mol. The molecule has 5 aromatic rings. The highest BCUT2D eigenvalue weighted by molar-refractivity contribution is 9.10. The number of halogens is 1. The van der Waals surface area contributed by atoms with Crippen LogP contribution in [0.4, 0.5) is 0 Å². The average molecular weight is 383 g/mol. The van der Waals surface area contributed by atoms with Crippen molar-refractivity contribution in [2.24, 2.45) is 0 Å². The van der Waals surface area contributed by atoms with Crippen LogP contribution in [0.3, 0.4) is 0 Å². The fourth-order valence-electron chi connectivity index (χ4n) is 3.51. The molecule has 0 N–H and O–H groups in total. The van der Waals surface area contributed by atoms with Crippen LogP contribution in [0.1, 0.15) is 0 Å². The van der Waals surface area contributed by atoms with Crippen LogP contribution < -0.4 is 0 Å². The van der Waals surface area contributed by atoms with Crippen LogP contribution in [0.25, 0.3) is 43.4 Å². The van der Waals surface area contributed by atoms with E-state index in [0.29, 0.717) is 0 Å². The second-order valence-corrected chi connectivity index (χ2v) is 7.38. The van der Waals surface area contributed by atoms with Crippen molar-refractivity contribution in [3.05, 3.63) is 95.5 Å². The lowest BCUT2D eigenvalue weighted by Gasteiger charge is -2.08. The van der Waals surface area contributed by atoms with Gasteiger partial charge in [0.2, 0.25) is 0 Å². The van der Waals surface area contributed by atoms with Crippen LogP contribution in [-0.4, -0.2) is 0 Å². The fraction of sp³-hybridized carbons (Fsp3) is 0. The van der Waals surface area contributed by atoms with Crippen molar-refractivity contribution in [1.82, 2.24) is 0 Å². The molecule has 0 aliphatic carbocycles. The average Bonchev–Trinajstić information content (AvgIpc) is 2.65. The molecular formula is C24H15Br. The summed E-state index contributed by atoms with van der Waals surface area (Å²) in [5.41, 5.74) is 2.49. The molecule has 0 saturated heterocycles. The molecule has 0 aliphatic rings. The van der Waals surface area contributed by atoms with Crippen LogP contribution >= 0.6 is 15.9 Å². The quantitative estimate of drug-likeness (QED) is 0.262. The summed E-state index contributed by atoms with van der Waals surface area (Å²) in [4.78, 5) is 0. The molecule has 0 atom stereocenters. The van der Waals surface area contributed by atoms with Gasteiger partial charge in [-0.05, 0) is 85.9 Å². The lowest BCUT2D eigenvalue weighted by atomic mass is 9.97. The zero-order chi connectivity index (χ0) is 16.8. The summed E-state index contributed by atoms with van der Waals surface area (Å²) in [5.74, 6) is 0. The Bertz CT molecular complexity index is 1230. The summed E-state index contributed by atoms with van der Waals surface area (Å²) in [6.07, 6.45) is 0. The summed E-state index contributed by atoms with van der Waals surface area (Å²) in [7, 11) is 0. The van der Waals surface area contributed by atoms with Crippen LogP contribution in [0, 0.1) is 0 Å². The zero-order valence-electron chi connectivity index (χ0n) is 13.5. The Kier molecular flexibility index (Phi) is 3.36. The second-order valence-electron chi connectivity index (χ2n) is 6.47. The Morgan fingerprint density at radius 3 is 1.52 bits per heavy atom. The molecule has 5 aromatic carbocycles. The standard InChI is InChI=1S/C24H15Br/c25-24-9-7-16(8-10-24)19-5-6-20-14-22-11-17-3-1-2-4-18(17)12-23(22)15-21(20)13-19/h1-15H. The van der Waals surface area contributed by atoms with Crippen molar-refractivity contribution in [2.75, 3.05) is 0 Å². The van der Waals surface area contributed by atoms with Crippen molar-refractivity contribution in [3.8, 4) is 11.1 Å². The third kappa shape index (κ3) is 2.61. The lowest BCUT2D eigenvalue weighted by molar-refractivity contribution is 1.61. The van der Waals surface area contributed by atoms with Gasteiger partial charge in [-0.1, -0.05) is 64.5 Å². The molecule has 0 amide bonds. The van der Waals surface area contributed by atoms with E-state index in [-0.39, 0.29) is 0 Å². The predicted octanol–water partition coefficient (Wildman–Crippen LogP) is 7.58. The minimum absolute atomic E-state index is 1.11. The molecule has 118 valence electrons. The van der Waals surface area contributed by atoms with Crippen LogP contribution in [0.2, 0.25) is 0 Å². The van der Waals surface area contributed by atoms with E-state index in [2.05, 4.69) is 107 Å². The Labute approximate surface area is 154 Å². The molecule has 0 heterocycles. The number of rotatable bonds is 1. The van der Waals surface area contributed by atoms with Gasteiger partial charge in [0.25, 0.3) is 0 Å². The van der Waals surface area contributed by atoms with Gasteiger partial charge in [0.05, 0.1) is 0 Å². The molecule has 0 unspecified atom stereocenters. The van der Waals surface area contributed by atoms with Crippen LogP contribution in [-0.2, 0) is 0 Å². The number of benzene rings is 5. The SMILES string of the molecule is Brc1ccc(-c2ccc3cc4cc5ccccc5cc4cc3c2)cc1. The first kappa shape index (κ1) is 14.7. The monoisotopic (exact) mass is 382 g/mol.